The molecule has 148 valence electrons. The summed E-state index contributed by atoms with van der Waals surface area (Å²) in [5.41, 5.74) is 7.27. The Labute approximate surface area is 178 Å². The number of nitrogens with one attached hydrogen (secondary N) is 3. The third-order valence-electron chi connectivity index (χ3n) is 3.81. The number of thiocarbonyl (C=S) groups is 1. The summed E-state index contributed by atoms with van der Waals surface area (Å²) in [6, 6.07) is 9.97. The normalized spacial score (nSPS) is 11.3. The summed E-state index contributed by atoms with van der Waals surface area (Å²) >= 11 is 16.7. The number of hydrogen-bond acceptors (Lipinski definition) is 4. The van der Waals surface area contributed by atoms with E-state index < -0.39 is 17.9 Å². The van der Waals surface area contributed by atoms with Crippen molar-refractivity contribution in [1.82, 2.24) is 16.2 Å². The van der Waals surface area contributed by atoms with E-state index in [1.165, 1.54) is 18.2 Å². The van der Waals surface area contributed by atoms with Crippen molar-refractivity contribution in [2.75, 3.05) is 0 Å². The SMILES string of the molecule is Cc1ccc(OC(C)C(=O)NNC(=S)NC(=O)c2cc(Cl)cc(Cl)c2)cc1C. The Hall–Kier alpha value is -2.35. The van der Waals surface area contributed by atoms with Gasteiger partial charge in [0.2, 0.25) is 0 Å². The van der Waals surface area contributed by atoms with Crippen molar-refractivity contribution >= 4 is 52.3 Å². The minimum absolute atomic E-state index is 0.0900. The maximum Gasteiger partial charge on any atom is 0.279 e. The second kappa shape index (κ2) is 9.73. The fraction of sp³-hybridized carbons (Fsp3) is 0.211. The van der Waals surface area contributed by atoms with Crippen LogP contribution in [-0.4, -0.2) is 23.0 Å². The third-order valence-corrected chi connectivity index (χ3v) is 4.45. The highest BCUT2D eigenvalue weighted by Gasteiger charge is 2.16. The molecule has 1 unspecified atom stereocenters. The maximum atomic E-state index is 12.1. The molecule has 0 aromatic heterocycles. The lowest BCUT2D eigenvalue weighted by molar-refractivity contribution is -0.127. The van der Waals surface area contributed by atoms with Crippen LogP contribution in [0.1, 0.15) is 28.4 Å². The summed E-state index contributed by atoms with van der Waals surface area (Å²) < 4.78 is 5.61. The van der Waals surface area contributed by atoms with Crippen molar-refractivity contribution in [3.05, 3.63) is 63.1 Å². The molecule has 9 heteroatoms. The number of aryl methyl sites for hydroxylation is 2. The molecule has 0 aliphatic heterocycles. The molecule has 0 aliphatic carbocycles. The standard InChI is InChI=1S/C19H19Cl2N3O3S/c1-10-4-5-16(6-11(10)2)27-12(3)17(25)23-24-19(28)22-18(26)13-7-14(20)9-15(21)8-13/h4-9,12H,1-3H3,(H,23,25)(H2,22,24,26,28). The van der Waals surface area contributed by atoms with Gasteiger partial charge in [0, 0.05) is 15.6 Å². The Morgan fingerprint density at radius 2 is 1.64 bits per heavy atom. The monoisotopic (exact) mass is 439 g/mol. The highest BCUT2D eigenvalue weighted by molar-refractivity contribution is 7.80. The van der Waals surface area contributed by atoms with E-state index in [1.807, 2.05) is 26.0 Å². The van der Waals surface area contributed by atoms with Gasteiger partial charge < -0.3 is 4.74 Å². The molecule has 2 aromatic rings. The smallest absolute Gasteiger partial charge is 0.279 e. The molecule has 6 nitrogen and oxygen atoms in total. The predicted molar refractivity (Wildman–Crippen MR) is 114 cm³/mol. The Balaban J connectivity index is 1.84. The summed E-state index contributed by atoms with van der Waals surface area (Å²) in [5, 5.41) is 2.97. The highest BCUT2D eigenvalue weighted by Crippen LogP contribution is 2.19. The molecule has 2 aromatic carbocycles. The second-order valence-electron chi connectivity index (χ2n) is 6.06. The zero-order valence-corrected chi connectivity index (χ0v) is 17.8. The number of halogens is 2. The summed E-state index contributed by atoms with van der Waals surface area (Å²) in [5.74, 6) is -0.393. The topological polar surface area (TPSA) is 79.5 Å². The first-order chi connectivity index (χ1) is 13.2. The van der Waals surface area contributed by atoms with Gasteiger partial charge in [-0.05, 0) is 74.4 Å². The summed E-state index contributed by atoms with van der Waals surface area (Å²) in [7, 11) is 0. The number of hydrogen-bond donors (Lipinski definition) is 3. The average Bonchev–Trinajstić information content (AvgIpc) is 2.61. The van der Waals surface area contributed by atoms with Gasteiger partial charge in [0.05, 0.1) is 0 Å². The molecule has 1 atom stereocenters. The highest BCUT2D eigenvalue weighted by atomic mass is 35.5. The minimum atomic E-state index is -0.778. The molecule has 3 N–H and O–H groups in total. The summed E-state index contributed by atoms with van der Waals surface area (Å²) in [6.45, 7) is 5.55. The number of carbonyl (C=O) groups excluding carboxylic acids is 2. The van der Waals surface area contributed by atoms with Crippen LogP contribution in [0, 0.1) is 13.8 Å². The van der Waals surface area contributed by atoms with Crippen LogP contribution in [0.3, 0.4) is 0 Å². The fourth-order valence-corrected chi connectivity index (χ4v) is 2.83. The van der Waals surface area contributed by atoms with Crippen molar-refractivity contribution in [2.24, 2.45) is 0 Å². The molecule has 28 heavy (non-hydrogen) atoms. The lowest BCUT2D eigenvalue weighted by atomic mass is 10.1. The van der Waals surface area contributed by atoms with E-state index in [0.717, 1.165) is 11.1 Å². The van der Waals surface area contributed by atoms with E-state index in [4.69, 9.17) is 40.2 Å². The predicted octanol–water partition coefficient (Wildman–Crippen LogP) is 3.71. The van der Waals surface area contributed by atoms with Gasteiger partial charge in [-0.25, -0.2) is 0 Å². The number of amides is 2. The molecule has 0 saturated carbocycles. The van der Waals surface area contributed by atoms with Crippen molar-refractivity contribution in [3.63, 3.8) is 0 Å². The number of benzene rings is 2. The molecule has 2 amide bonds. The zero-order chi connectivity index (χ0) is 20.8. The largest absolute Gasteiger partial charge is 0.481 e. The number of hydrazine groups is 1. The van der Waals surface area contributed by atoms with Crippen LogP contribution >= 0.6 is 35.4 Å². The van der Waals surface area contributed by atoms with Crippen molar-refractivity contribution in [1.29, 1.82) is 0 Å². The van der Waals surface area contributed by atoms with Crippen LogP contribution < -0.4 is 20.9 Å². The van der Waals surface area contributed by atoms with Gasteiger partial charge in [-0.1, -0.05) is 29.3 Å². The van der Waals surface area contributed by atoms with Crippen molar-refractivity contribution < 1.29 is 14.3 Å². The van der Waals surface area contributed by atoms with E-state index in [2.05, 4.69) is 16.2 Å². The van der Waals surface area contributed by atoms with Gasteiger partial charge in [-0.3, -0.25) is 25.8 Å². The molecule has 0 saturated heterocycles. The zero-order valence-electron chi connectivity index (χ0n) is 15.4. The van der Waals surface area contributed by atoms with Crippen LogP contribution in [0.2, 0.25) is 10.0 Å². The molecule has 0 fully saturated rings. The van der Waals surface area contributed by atoms with Gasteiger partial charge in [0.1, 0.15) is 5.75 Å². The minimum Gasteiger partial charge on any atom is -0.481 e. The third kappa shape index (κ3) is 6.37. The van der Waals surface area contributed by atoms with Gasteiger partial charge >= 0.3 is 0 Å². The van der Waals surface area contributed by atoms with E-state index in [9.17, 15) is 9.59 Å². The molecule has 0 radical (unpaired) electrons. The molecular weight excluding hydrogens is 421 g/mol. The van der Waals surface area contributed by atoms with E-state index in [-0.39, 0.29) is 10.7 Å². The average molecular weight is 440 g/mol. The second-order valence-corrected chi connectivity index (χ2v) is 7.34. The first kappa shape index (κ1) is 21.9. The summed E-state index contributed by atoms with van der Waals surface area (Å²) in [4.78, 5) is 24.3. The first-order valence-electron chi connectivity index (χ1n) is 8.27. The molecule has 2 rings (SSSR count). The quantitative estimate of drug-likeness (QED) is 0.499. The van der Waals surface area contributed by atoms with Crippen LogP contribution in [0.25, 0.3) is 0 Å². The molecular formula is C19H19Cl2N3O3S. The Morgan fingerprint density at radius 3 is 2.25 bits per heavy atom. The molecule has 0 spiro atoms. The summed E-state index contributed by atoms with van der Waals surface area (Å²) in [6.07, 6.45) is -0.778. The fourth-order valence-electron chi connectivity index (χ4n) is 2.16. The lowest BCUT2D eigenvalue weighted by Gasteiger charge is -2.17. The van der Waals surface area contributed by atoms with Crippen molar-refractivity contribution in [2.45, 2.75) is 26.9 Å². The molecule has 0 aliphatic rings. The Morgan fingerprint density at radius 1 is 1.00 bits per heavy atom. The van der Waals surface area contributed by atoms with E-state index >= 15 is 0 Å². The number of rotatable bonds is 4. The van der Waals surface area contributed by atoms with Gasteiger partial charge in [0.25, 0.3) is 11.8 Å². The molecule has 0 bridgehead atoms. The lowest BCUT2D eigenvalue weighted by Crippen LogP contribution is -2.51. The van der Waals surface area contributed by atoms with Crippen LogP contribution in [0.5, 0.6) is 5.75 Å². The van der Waals surface area contributed by atoms with Gasteiger partial charge in [-0.2, -0.15) is 0 Å². The molecule has 0 heterocycles. The van der Waals surface area contributed by atoms with Gasteiger partial charge in [0.15, 0.2) is 11.2 Å². The Kier molecular flexibility index (Phi) is 7.62. The number of carbonyl (C=O) groups is 2. The Bertz CT molecular complexity index is 901. The maximum absolute atomic E-state index is 12.1. The van der Waals surface area contributed by atoms with E-state index in [1.54, 1.807) is 13.0 Å². The van der Waals surface area contributed by atoms with Gasteiger partial charge in [-0.15, -0.1) is 0 Å². The van der Waals surface area contributed by atoms with E-state index in [0.29, 0.717) is 15.8 Å². The number of ether oxygens (including phenoxy) is 1. The van der Waals surface area contributed by atoms with Crippen molar-refractivity contribution in [3.8, 4) is 5.75 Å². The van der Waals surface area contributed by atoms with Crippen LogP contribution in [-0.2, 0) is 4.79 Å². The first-order valence-corrected chi connectivity index (χ1v) is 9.43. The van der Waals surface area contributed by atoms with Crippen LogP contribution in [0.4, 0.5) is 0 Å². The van der Waals surface area contributed by atoms with Crippen LogP contribution in [0.15, 0.2) is 36.4 Å².